The van der Waals surface area contributed by atoms with Crippen molar-refractivity contribution < 1.29 is 13.9 Å². The van der Waals surface area contributed by atoms with E-state index in [1.54, 1.807) is 43.6 Å². The fourth-order valence-corrected chi connectivity index (χ4v) is 2.43. The van der Waals surface area contributed by atoms with Gasteiger partial charge in [0, 0.05) is 17.3 Å². The van der Waals surface area contributed by atoms with Crippen molar-refractivity contribution in [1.82, 2.24) is 15.8 Å². The molecular weight excluding hydrogens is 352 g/mol. The molecule has 0 unspecified atom stereocenters. The molecule has 0 aliphatic carbocycles. The van der Waals surface area contributed by atoms with Gasteiger partial charge in [0.1, 0.15) is 5.75 Å². The number of benzene rings is 2. The molecule has 0 bridgehead atoms. The van der Waals surface area contributed by atoms with E-state index in [4.69, 9.17) is 21.4 Å². The third kappa shape index (κ3) is 4.17. The molecule has 0 atom stereocenters. The first kappa shape index (κ1) is 17.4. The summed E-state index contributed by atoms with van der Waals surface area (Å²) in [6.07, 6.45) is 2.96. The number of nitrogens with one attached hydrogen (secondary N) is 3. The monoisotopic (exact) mass is 368 g/mol. The number of aromatic nitrogens is 1. The highest BCUT2D eigenvalue weighted by Crippen LogP contribution is 2.32. The van der Waals surface area contributed by atoms with Crippen LogP contribution in [-0.4, -0.2) is 23.1 Å². The van der Waals surface area contributed by atoms with Gasteiger partial charge in [-0.3, -0.25) is 15.6 Å². The number of hydrogen-bond donors (Lipinski definition) is 3. The summed E-state index contributed by atoms with van der Waals surface area (Å²) in [4.78, 5) is 15.9. The van der Waals surface area contributed by atoms with E-state index >= 15 is 0 Å². The Balaban J connectivity index is 1.61. The van der Waals surface area contributed by atoms with Gasteiger partial charge in [-0.25, -0.2) is 4.98 Å². The minimum Gasteiger partial charge on any atom is -0.496 e. The van der Waals surface area contributed by atoms with Gasteiger partial charge in [-0.1, -0.05) is 18.2 Å². The second-order valence-electron chi connectivity index (χ2n) is 5.18. The van der Waals surface area contributed by atoms with Crippen molar-refractivity contribution in [1.29, 1.82) is 0 Å². The van der Waals surface area contributed by atoms with Crippen LogP contribution in [0, 0.1) is 0 Å². The Kier molecular flexibility index (Phi) is 5.45. The van der Waals surface area contributed by atoms with Crippen LogP contribution in [-0.2, 0) is 0 Å². The second kappa shape index (κ2) is 8.13. The van der Waals surface area contributed by atoms with E-state index < -0.39 is 0 Å². The van der Waals surface area contributed by atoms with Crippen LogP contribution < -0.4 is 20.9 Å². The number of nitrogens with zero attached hydrogens (tertiary/aromatic N) is 1. The van der Waals surface area contributed by atoms with Crippen molar-refractivity contribution in [2.24, 2.45) is 0 Å². The summed E-state index contributed by atoms with van der Waals surface area (Å²) in [6, 6.07) is 14.2. The van der Waals surface area contributed by atoms with Gasteiger partial charge in [0.2, 0.25) is 0 Å². The standard InChI is InChI=1S/C18H16N4O3S/c1-24-15-9-13(7-8-14(15)16-10-19-11-25-16)20-18(26)22-21-17(23)12-5-3-2-4-6-12/h2-11H,1H3,(H,21,23)(H2,20,22,26). The van der Waals surface area contributed by atoms with Gasteiger partial charge in [0.05, 0.1) is 18.9 Å². The Labute approximate surface area is 155 Å². The molecule has 0 aliphatic heterocycles. The molecule has 3 aromatic rings. The lowest BCUT2D eigenvalue weighted by atomic mass is 10.1. The van der Waals surface area contributed by atoms with Gasteiger partial charge < -0.3 is 14.5 Å². The summed E-state index contributed by atoms with van der Waals surface area (Å²) in [5.74, 6) is 0.917. The maximum atomic E-state index is 12.0. The highest BCUT2D eigenvalue weighted by molar-refractivity contribution is 7.80. The molecule has 0 aliphatic rings. The smallest absolute Gasteiger partial charge is 0.269 e. The lowest BCUT2D eigenvalue weighted by Crippen LogP contribution is -2.43. The average molecular weight is 368 g/mol. The van der Waals surface area contributed by atoms with Crippen molar-refractivity contribution in [3.8, 4) is 17.1 Å². The molecule has 2 aromatic carbocycles. The number of methoxy groups -OCH3 is 1. The summed E-state index contributed by atoms with van der Waals surface area (Å²) >= 11 is 5.19. The molecule has 1 aromatic heterocycles. The zero-order valence-electron chi connectivity index (χ0n) is 13.9. The Morgan fingerprint density at radius 1 is 1.15 bits per heavy atom. The molecule has 26 heavy (non-hydrogen) atoms. The Bertz CT molecular complexity index is 898. The van der Waals surface area contributed by atoms with Crippen LogP contribution in [0.2, 0.25) is 0 Å². The Hall–Kier alpha value is -3.39. The minimum absolute atomic E-state index is 0.240. The Morgan fingerprint density at radius 3 is 2.65 bits per heavy atom. The van der Waals surface area contributed by atoms with Crippen LogP contribution in [0.4, 0.5) is 5.69 Å². The van der Waals surface area contributed by atoms with E-state index in [9.17, 15) is 4.79 Å². The van der Waals surface area contributed by atoms with Gasteiger partial charge in [-0.05, 0) is 36.5 Å². The fourth-order valence-electron chi connectivity index (χ4n) is 2.26. The zero-order valence-corrected chi connectivity index (χ0v) is 14.7. The van der Waals surface area contributed by atoms with Gasteiger partial charge in [-0.15, -0.1) is 0 Å². The number of hydrogen-bond acceptors (Lipinski definition) is 5. The quantitative estimate of drug-likeness (QED) is 0.482. The highest BCUT2D eigenvalue weighted by Gasteiger charge is 2.11. The molecule has 132 valence electrons. The molecule has 0 radical (unpaired) electrons. The molecule has 1 heterocycles. The number of carbonyl (C=O) groups is 1. The Morgan fingerprint density at radius 2 is 1.96 bits per heavy atom. The van der Waals surface area contributed by atoms with Crippen molar-refractivity contribution in [2.75, 3.05) is 12.4 Å². The predicted molar refractivity (Wildman–Crippen MR) is 102 cm³/mol. The van der Waals surface area contributed by atoms with E-state index in [1.165, 1.54) is 6.39 Å². The lowest BCUT2D eigenvalue weighted by molar-refractivity contribution is 0.0944. The molecule has 1 amide bonds. The fraction of sp³-hybridized carbons (Fsp3) is 0.0556. The maximum Gasteiger partial charge on any atom is 0.269 e. The van der Waals surface area contributed by atoms with Crippen molar-refractivity contribution in [3.05, 3.63) is 66.7 Å². The van der Waals surface area contributed by atoms with Crippen molar-refractivity contribution in [3.63, 3.8) is 0 Å². The normalized spacial score (nSPS) is 10.0. The van der Waals surface area contributed by atoms with Crippen LogP contribution >= 0.6 is 12.2 Å². The van der Waals surface area contributed by atoms with Crippen molar-refractivity contribution in [2.45, 2.75) is 0 Å². The molecular formula is C18H16N4O3S. The van der Waals surface area contributed by atoms with Gasteiger partial charge in [-0.2, -0.15) is 0 Å². The van der Waals surface area contributed by atoms with Crippen LogP contribution in [0.25, 0.3) is 11.3 Å². The van der Waals surface area contributed by atoms with E-state index in [0.29, 0.717) is 22.8 Å². The molecule has 3 rings (SSSR count). The van der Waals surface area contributed by atoms with E-state index in [1.807, 2.05) is 18.2 Å². The van der Waals surface area contributed by atoms with Crippen LogP contribution in [0.15, 0.2) is 65.5 Å². The lowest BCUT2D eigenvalue weighted by Gasteiger charge is -2.13. The van der Waals surface area contributed by atoms with Crippen LogP contribution in [0.3, 0.4) is 0 Å². The number of anilines is 1. The second-order valence-corrected chi connectivity index (χ2v) is 5.59. The van der Waals surface area contributed by atoms with Crippen molar-refractivity contribution >= 4 is 28.9 Å². The average Bonchev–Trinajstić information content (AvgIpc) is 3.21. The molecule has 8 heteroatoms. The van der Waals surface area contributed by atoms with E-state index in [-0.39, 0.29) is 11.0 Å². The number of hydrazine groups is 1. The zero-order chi connectivity index (χ0) is 18.4. The summed E-state index contributed by atoms with van der Waals surface area (Å²) in [5, 5.41) is 3.21. The van der Waals surface area contributed by atoms with Crippen LogP contribution in [0.1, 0.15) is 10.4 Å². The number of carbonyl (C=O) groups excluding carboxylic acids is 1. The highest BCUT2D eigenvalue weighted by atomic mass is 32.1. The maximum absolute atomic E-state index is 12.0. The first-order chi connectivity index (χ1) is 12.7. The van der Waals surface area contributed by atoms with Gasteiger partial charge >= 0.3 is 0 Å². The van der Waals surface area contributed by atoms with Gasteiger partial charge in [0.15, 0.2) is 17.3 Å². The summed E-state index contributed by atoms with van der Waals surface area (Å²) in [7, 11) is 1.57. The minimum atomic E-state index is -0.284. The third-order valence-corrected chi connectivity index (χ3v) is 3.69. The number of amides is 1. The van der Waals surface area contributed by atoms with Crippen LogP contribution in [0.5, 0.6) is 5.75 Å². The summed E-state index contributed by atoms with van der Waals surface area (Å²) in [6.45, 7) is 0. The number of rotatable bonds is 4. The van der Waals surface area contributed by atoms with E-state index in [0.717, 1.165) is 5.56 Å². The molecule has 7 nitrogen and oxygen atoms in total. The first-order valence-corrected chi connectivity index (χ1v) is 8.07. The SMILES string of the molecule is COc1cc(NC(=S)NNC(=O)c2ccccc2)ccc1-c1cnco1. The molecule has 0 fully saturated rings. The third-order valence-electron chi connectivity index (χ3n) is 3.48. The first-order valence-electron chi connectivity index (χ1n) is 7.66. The summed E-state index contributed by atoms with van der Waals surface area (Å²) in [5.41, 5.74) is 7.18. The molecule has 0 saturated heterocycles. The number of ether oxygens (including phenoxy) is 1. The largest absolute Gasteiger partial charge is 0.496 e. The molecule has 0 saturated carbocycles. The number of thiocarbonyl (C=S) groups is 1. The number of oxazole rings is 1. The van der Waals surface area contributed by atoms with Gasteiger partial charge in [0.25, 0.3) is 5.91 Å². The van der Waals surface area contributed by atoms with E-state index in [2.05, 4.69) is 21.2 Å². The molecule has 0 spiro atoms. The topological polar surface area (TPSA) is 88.4 Å². The molecule has 3 N–H and O–H groups in total. The predicted octanol–water partition coefficient (Wildman–Crippen LogP) is 2.98. The summed E-state index contributed by atoms with van der Waals surface area (Å²) < 4.78 is 10.7.